The monoisotopic (exact) mass is 404 g/mol. The Hall–Kier alpha value is -2.23. The van der Waals surface area contributed by atoms with E-state index in [0.29, 0.717) is 46.0 Å². The van der Waals surface area contributed by atoms with Crippen LogP contribution in [0.25, 0.3) is 11.7 Å². The second-order valence-corrected chi connectivity index (χ2v) is 7.60. The number of hydrogen-bond donors (Lipinski definition) is 1. The molecule has 0 radical (unpaired) electrons. The molecule has 1 aliphatic rings. The second kappa shape index (κ2) is 8.20. The number of carbonyl (C=O) groups excluding carboxylic acids is 1. The Morgan fingerprint density at radius 2 is 2.19 bits per heavy atom. The van der Waals surface area contributed by atoms with E-state index in [1.165, 1.54) is 21.1 Å². The van der Waals surface area contributed by atoms with Gasteiger partial charge in [0.1, 0.15) is 15.8 Å². The number of methoxy groups -OCH3 is 1. The standard InChI is InChI=1S/C18H20N4O3S2/c1-4-19-14-12(16(23)21-7-5-6-11(2)15(21)20-14)10-13-17(24)22(8-9-25-3)18(26)27-13/h5-7,10,19H,4,8-9H2,1-3H3. The van der Waals surface area contributed by atoms with Crippen LogP contribution in [0.5, 0.6) is 0 Å². The zero-order valence-corrected chi connectivity index (χ0v) is 16.9. The van der Waals surface area contributed by atoms with Gasteiger partial charge in [0.05, 0.1) is 23.6 Å². The largest absolute Gasteiger partial charge is 0.383 e. The first-order valence-electron chi connectivity index (χ1n) is 8.48. The number of aromatic nitrogens is 2. The molecule has 2 aromatic rings. The number of carbonyl (C=O) groups is 1. The predicted molar refractivity (Wildman–Crippen MR) is 112 cm³/mol. The van der Waals surface area contributed by atoms with Crippen molar-refractivity contribution in [2.45, 2.75) is 13.8 Å². The summed E-state index contributed by atoms with van der Waals surface area (Å²) in [6.07, 6.45) is 3.25. The molecule has 2 aromatic heterocycles. The van der Waals surface area contributed by atoms with Crippen molar-refractivity contribution in [1.29, 1.82) is 0 Å². The van der Waals surface area contributed by atoms with Gasteiger partial charge < -0.3 is 10.1 Å². The van der Waals surface area contributed by atoms with Crippen molar-refractivity contribution in [1.82, 2.24) is 14.3 Å². The molecule has 142 valence electrons. The molecule has 0 aromatic carbocycles. The van der Waals surface area contributed by atoms with E-state index < -0.39 is 0 Å². The van der Waals surface area contributed by atoms with E-state index in [4.69, 9.17) is 17.0 Å². The molecule has 1 fully saturated rings. The molecule has 3 rings (SSSR count). The first kappa shape index (κ1) is 19.5. The van der Waals surface area contributed by atoms with E-state index in [-0.39, 0.29) is 11.5 Å². The molecule has 0 spiro atoms. The molecular weight excluding hydrogens is 384 g/mol. The highest BCUT2D eigenvalue weighted by molar-refractivity contribution is 8.26. The number of fused-ring (bicyclic) bond motifs is 1. The summed E-state index contributed by atoms with van der Waals surface area (Å²) >= 11 is 6.47. The van der Waals surface area contributed by atoms with Crippen molar-refractivity contribution in [2.24, 2.45) is 0 Å². The molecule has 0 bridgehead atoms. The Kier molecular flexibility index (Phi) is 5.93. The first-order chi connectivity index (χ1) is 13.0. The van der Waals surface area contributed by atoms with Crippen molar-refractivity contribution in [3.8, 4) is 0 Å². The minimum atomic E-state index is -0.234. The molecule has 3 heterocycles. The van der Waals surface area contributed by atoms with Gasteiger partial charge in [-0.25, -0.2) is 4.98 Å². The molecule has 1 N–H and O–H groups in total. The minimum absolute atomic E-state index is 0.224. The zero-order valence-electron chi connectivity index (χ0n) is 15.3. The molecule has 1 aliphatic heterocycles. The van der Waals surface area contributed by atoms with Crippen LogP contribution in [0, 0.1) is 6.92 Å². The van der Waals surface area contributed by atoms with Gasteiger partial charge in [-0.05, 0) is 31.6 Å². The number of amides is 1. The van der Waals surface area contributed by atoms with E-state index in [1.54, 1.807) is 25.4 Å². The Bertz CT molecular complexity index is 1000. The normalized spacial score (nSPS) is 16.0. The lowest BCUT2D eigenvalue weighted by molar-refractivity contribution is -0.122. The lowest BCUT2D eigenvalue weighted by Crippen LogP contribution is -2.31. The fourth-order valence-corrected chi connectivity index (χ4v) is 4.04. The molecule has 1 saturated heterocycles. The fraction of sp³-hybridized carbons (Fsp3) is 0.333. The van der Waals surface area contributed by atoms with Crippen molar-refractivity contribution in [3.05, 3.63) is 44.7 Å². The quantitative estimate of drug-likeness (QED) is 0.585. The van der Waals surface area contributed by atoms with Crippen LogP contribution in [0.3, 0.4) is 0 Å². The summed E-state index contributed by atoms with van der Waals surface area (Å²) in [5, 5.41) is 3.13. The Balaban J connectivity index is 2.11. The zero-order chi connectivity index (χ0) is 19.6. The smallest absolute Gasteiger partial charge is 0.267 e. The van der Waals surface area contributed by atoms with Crippen molar-refractivity contribution < 1.29 is 9.53 Å². The van der Waals surface area contributed by atoms with E-state index in [2.05, 4.69) is 10.3 Å². The maximum absolute atomic E-state index is 13.1. The lowest BCUT2D eigenvalue weighted by atomic mass is 10.2. The summed E-state index contributed by atoms with van der Waals surface area (Å²) in [4.78, 5) is 32.2. The van der Waals surface area contributed by atoms with E-state index >= 15 is 0 Å². The van der Waals surface area contributed by atoms with Gasteiger partial charge in [0.25, 0.3) is 11.5 Å². The molecule has 7 nitrogen and oxygen atoms in total. The number of ether oxygens (including phenoxy) is 1. The SMILES string of the molecule is CCNc1nc2c(C)cccn2c(=O)c1C=C1SC(=S)N(CCOC)C1=O. The Morgan fingerprint density at radius 1 is 1.41 bits per heavy atom. The van der Waals surface area contributed by atoms with Crippen LogP contribution in [0.2, 0.25) is 0 Å². The molecule has 0 unspecified atom stereocenters. The number of pyridine rings is 1. The van der Waals surface area contributed by atoms with Crippen molar-refractivity contribution >= 4 is 51.7 Å². The molecule has 1 amide bonds. The number of thiocarbonyl (C=S) groups is 1. The maximum Gasteiger partial charge on any atom is 0.267 e. The Morgan fingerprint density at radius 3 is 2.89 bits per heavy atom. The lowest BCUT2D eigenvalue weighted by Gasteiger charge is -2.13. The van der Waals surface area contributed by atoms with Crippen LogP contribution in [-0.2, 0) is 9.53 Å². The number of anilines is 1. The van der Waals surface area contributed by atoms with Crippen molar-refractivity contribution in [3.63, 3.8) is 0 Å². The van der Waals surface area contributed by atoms with Crippen LogP contribution < -0.4 is 10.9 Å². The van der Waals surface area contributed by atoms with Crippen LogP contribution in [0.1, 0.15) is 18.1 Å². The van der Waals surface area contributed by atoms with Gasteiger partial charge in [-0.15, -0.1) is 0 Å². The summed E-state index contributed by atoms with van der Waals surface area (Å²) in [6.45, 7) is 5.20. The van der Waals surface area contributed by atoms with Gasteiger partial charge in [0, 0.05) is 19.9 Å². The number of rotatable bonds is 6. The second-order valence-electron chi connectivity index (χ2n) is 5.92. The molecular formula is C18H20N4O3S2. The average molecular weight is 405 g/mol. The van der Waals surface area contributed by atoms with Crippen LogP contribution >= 0.6 is 24.0 Å². The fourth-order valence-electron chi connectivity index (χ4n) is 2.75. The number of nitrogens with zero attached hydrogens (tertiary/aromatic N) is 3. The Labute approximate surface area is 166 Å². The third-order valence-electron chi connectivity index (χ3n) is 4.10. The summed E-state index contributed by atoms with van der Waals surface area (Å²) in [6, 6.07) is 3.70. The highest BCUT2D eigenvalue weighted by Gasteiger charge is 2.32. The molecule has 27 heavy (non-hydrogen) atoms. The summed E-state index contributed by atoms with van der Waals surface area (Å²) in [7, 11) is 1.57. The minimum Gasteiger partial charge on any atom is -0.383 e. The highest BCUT2D eigenvalue weighted by Crippen LogP contribution is 2.32. The van der Waals surface area contributed by atoms with Gasteiger partial charge in [-0.2, -0.15) is 0 Å². The summed E-state index contributed by atoms with van der Waals surface area (Å²) in [5.74, 6) is 0.234. The molecule has 0 atom stereocenters. The summed E-state index contributed by atoms with van der Waals surface area (Å²) in [5.41, 5.74) is 1.59. The molecule has 9 heteroatoms. The van der Waals surface area contributed by atoms with Gasteiger partial charge in [0.2, 0.25) is 0 Å². The number of thioether (sulfide) groups is 1. The van der Waals surface area contributed by atoms with Crippen LogP contribution in [-0.4, -0.2) is 51.3 Å². The first-order valence-corrected chi connectivity index (χ1v) is 9.70. The maximum atomic E-state index is 13.1. The van der Waals surface area contributed by atoms with E-state index in [1.807, 2.05) is 19.9 Å². The summed E-state index contributed by atoms with van der Waals surface area (Å²) < 4.78 is 6.98. The third kappa shape index (κ3) is 3.76. The van der Waals surface area contributed by atoms with E-state index in [9.17, 15) is 9.59 Å². The van der Waals surface area contributed by atoms with Gasteiger partial charge in [-0.3, -0.25) is 18.9 Å². The number of hydrogen-bond acceptors (Lipinski definition) is 7. The van der Waals surface area contributed by atoms with Gasteiger partial charge >= 0.3 is 0 Å². The van der Waals surface area contributed by atoms with Gasteiger partial charge in [-0.1, -0.05) is 30.0 Å². The van der Waals surface area contributed by atoms with Gasteiger partial charge in [0.15, 0.2) is 0 Å². The van der Waals surface area contributed by atoms with Crippen molar-refractivity contribution in [2.75, 3.05) is 32.1 Å². The predicted octanol–water partition coefficient (Wildman–Crippen LogP) is 2.28. The molecule has 0 aliphatic carbocycles. The molecule has 0 saturated carbocycles. The average Bonchev–Trinajstić information content (AvgIpc) is 2.91. The van der Waals surface area contributed by atoms with E-state index in [0.717, 1.165) is 5.56 Å². The third-order valence-corrected chi connectivity index (χ3v) is 5.47. The number of nitrogens with one attached hydrogen (secondary N) is 1. The van der Waals surface area contributed by atoms with Crippen LogP contribution in [0.15, 0.2) is 28.0 Å². The highest BCUT2D eigenvalue weighted by atomic mass is 32.2. The topological polar surface area (TPSA) is 75.9 Å². The number of aryl methyl sites for hydroxylation is 1. The van der Waals surface area contributed by atoms with Crippen LogP contribution in [0.4, 0.5) is 5.82 Å².